The average molecular weight is 395 g/mol. The van der Waals surface area contributed by atoms with Crippen LogP contribution in [-0.4, -0.2) is 49.8 Å². The molecule has 1 fully saturated rings. The van der Waals surface area contributed by atoms with E-state index < -0.39 is 0 Å². The lowest BCUT2D eigenvalue weighted by molar-refractivity contribution is -0.0825. The van der Waals surface area contributed by atoms with E-state index in [0.717, 1.165) is 43.6 Å². The molecule has 0 saturated carbocycles. The van der Waals surface area contributed by atoms with Crippen molar-refractivity contribution in [2.24, 2.45) is 5.41 Å². The lowest BCUT2D eigenvalue weighted by Gasteiger charge is -2.35. The summed E-state index contributed by atoms with van der Waals surface area (Å²) in [5.74, 6) is 0.841. The van der Waals surface area contributed by atoms with Crippen LogP contribution in [0, 0.1) is 5.41 Å². The van der Waals surface area contributed by atoms with E-state index >= 15 is 0 Å². The molecule has 1 aliphatic rings. The van der Waals surface area contributed by atoms with Crippen LogP contribution in [0.2, 0.25) is 0 Å². The SMILES string of the molecule is CCCCO[C@@H](CC)C[C@@H](OCc1ccc(OC)cc1)C(C)(C)[C@@H]1O[C@H]1CO. The predicted molar refractivity (Wildman–Crippen MR) is 111 cm³/mol. The second-order valence-electron chi connectivity index (χ2n) is 8.24. The molecule has 1 aromatic rings. The lowest BCUT2D eigenvalue weighted by Crippen LogP contribution is -2.40. The molecule has 0 aromatic heterocycles. The summed E-state index contributed by atoms with van der Waals surface area (Å²) >= 11 is 0. The second kappa shape index (κ2) is 11.1. The van der Waals surface area contributed by atoms with E-state index in [1.807, 2.05) is 24.3 Å². The number of aliphatic hydroxyl groups excluding tert-OH is 1. The van der Waals surface area contributed by atoms with Gasteiger partial charge in [-0.25, -0.2) is 0 Å². The molecule has 0 aliphatic carbocycles. The molecule has 4 atom stereocenters. The summed E-state index contributed by atoms with van der Waals surface area (Å²) in [4.78, 5) is 0. The Kier molecular flexibility index (Phi) is 9.22. The maximum Gasteiger partial charge on any atom is 0.118 e. The van der Waals surface area contributed by atoms with Gasteiger partial charge in [-0.1, -0.05) is 46.2 Å². The largest absolute Gasteiger partial charge is 0.497 e. The fraction of sp³-hybridized carbons (Fsp3) is 0.739. The van der Waals surface area contributed by atoms with Crippen LogP contribution >= 0.6 is 0 Å². The molecule has 0 unspecified atom stereocenters. The molecule has 28 heavy (non-hydrogen) atoms. The van der Waals surface area contributed by atoms with Crippen LogP contribution in [0.25, 0.3) is 0 Å². The van der Waals surface area contributed by atoms with Crippen molar-refractivity contribution in [2.45, 2.75) is 84.4 Å². The van der Waals surface area contributed by atoms with E-state index in [2.05, 4.69) is 27.7 Å². The third-order valence-electron chi connectivity index (χ3n) is 5.72. The van der Waals surface area contributed by atoms with Gasteiger partial charge in [0.15, 0.2) is 0 Å². The van der Waals surface area contributed by atoms with Crippen molar-refractivity contribution in [3.8, 4) is 5.75 Å². The molecule has 5 nitrogen and oxygen atoms in total. The van der Waals surface area contributed by atoms with Crippen molar-refractivity contribution in [3.05, 3.63) is 29.8 Å². The molecule has 1 heterocycles. The fourth-order valence-corrected chi connectivity index (χ4v) is 3.61. The second-order valence-corrected chi connectivity index (χ2v) is 8.24. The first-order chi connectivity index (χ1) is 13.5. The average Bonchev–Trinajstić information content (AvgIpc) is 3.51. The summed E-state index contributed by atoms with van der Waals surface area (Å²) in [6.45, 7) is 10.1. The third-order valence-corrected chi connectivity index (χ3v) is 5.72. The summed E-state index contributed by atoms with van der Waals surface area (Å²) in [6.07, 6.45) is 4.07. The first kappa shape index (κ1) is 23.1. The molecule has 1 aliphatic heterocycles. The van der Waals surface area contributed by atoms with E-state index in [1.165, 1.54) is 0 Å². The van der Waals surface area contributed by atoms with Crippen LogP contribution in [0.5, 0.6) is 5.75 Å². The van der Waals surface area contributed by atoms with Crippen LogP contribution in [0.3, 0.4) is 0 Å². The van der Waals surface area contributed by atoms with E-state index in [0.29, 0.717) is 6.61 Å². The number of rotatable bonds is 14. The Balaban J connectivity index is 2.04. The summed E-state index contributed by atoms with van der Waals surface area (Å²) < 4.78 is 23.5. The van der Waals surface area contributed by atoms with Crippen molar-refractivity contribution in [3.63, 3.8) is 0 Å². The normalized spacial score (nSPS) is 21.4. The van der Waals surface area contributed by atoms with Gasteiger partial charge in [-0.3, -0.25) is 0 Å². The molecule has 1 aromatic carbocycles. The minimum Gasteiger partial charge on any atom is -0.497 e. The van der Waals surface area contributed by atoms with E-state index in [1.54, 1.807) is 7.11 Å². The van der Waals surface area contributed by atoms with Gasteiger partial charge >= 0.3 is 0 Å². The van der Waals surface area contributed by atoms with Gasteiger partial charge in [0.1, 0.15) is 11.9 Å². The third kappa shape index (κ3) is 6.45. The lowest BCUT2D eigenvalue weighted by atomic mass is 9.79. The van der Waals surface area contributed by atoms with Crippen molar-refractivity contribution in [1.82, 2.24) is 0 Å². The maximum absolute atomic E-state index is 9.45. The van der Waals surface area contributed by atoms with Gasteiger partial charge in [-0.15, -0.1) is 0 Å². The topological polar surface area (TPSA) is 60.5 Å². The Morgan fingerprint density at radius 1 is 1.14 bits per heavy atom. The van der Waals surface area contributed by atoms with Gasteiger partial charge in [0.05, 0.1) is 38.6 Å². The Morgan fingerprint density at radius 2 is 1.86 bits per heavy atom. The first-order valence-corrected chi connectivity index (χ1v) is 10.6. The highest BCUT2D eigenvalue weighted by Gasteiger charge is 2.53. The zero-order chi connectivity index (χ0) is 20.6. The van der Waals surface area contributed by atoms with Crippen LogP contribution in [0.1, 0.15) is 58.9 Å². The highest BCUT2D eigenvalue weighted by atomic mass is 16.6. The summed E-state index contributed by atoms with van der Waals surface area (Å²) in [5.41, 5.74) is 0.901. The number of unbranched alkanes of at least 4 members (excludes halogenated alkanes) is 1. The number of ether oxygens (including phenoxy) is 4. The van der Waals surface area contributed by atoms with Gasteiger partial charge < -0.3 is 24.1 Å². The summed E-state index contributed by atoms with van der Waals surface area (Å²) in [7, 11) is 1.67. The predicted octanol–water partition coefficient (Wildman–Crippen LogP) is 4.35. The first-order valence-electron chi connectivity index (χ1n) is 10.6. The monoisotopic (exact) mass is 394 g/mol. The van der Waals surface area contributed by atoms with Crippen LogP contribution in [0.4, 0.5) is 0 Å². The molecule has 1 saturated heterocycles. The Hall–Kier alpha value is -1.14. The summed E-state index contributed by atoms with van der Waals surface area (Å²) in [6, 6.07) is 7.96. The number of hydrogen-bond donors (Lipinski definition) is 1. The molecule has 0 amide bonds. The highest BCUT2D eigenvalue weighted by Crippen LogP contribution is 2.43. The fourth-order valence-electron chi connectivity index (χ4n) is 3.61. The minimum absolute atomic E-state index is 0.0199. The zero-order valence-electron chi connectivity index (χ0n) is 18.1. The molecule has 1 N–H and O–H groups in total. The maximum atomic E-state index is 9.45. The van der Waals surface area contributed by atoms with Crippen LogP contribution in [-0.2, 0) is 20.8 Å². The van der Waals surface area contributed by atoms with E-state index in [9.17, 15) is 5.11 Å². The van der Waals surface area contributed by atoms with Gasteiger partial charge in [0.25, 0.3) is 0 Å². The molecular weight excluding hydrogens is 356 g/mol. The van der Waals surface area contributed by atoms with Gasteiger partial charge in [-0.2, -0.15) is 0 Å². The van der Waals surface area contributed by atoms with Gasteiger partial charge in [0.2, 0.25) is 0 Å². The molecule has 0 spiro atoms. The van der Waals surface area contributed by atoms with Crippen molar-refractivity contribution in [1.29, 1.82) is 0 Å². The number of methoxy groups -OCH3 is 1. The molecular formula is C23H38O5. The molecule has 0 radical (unpaired) electrons. The Labute approximate surface area is 170 Å². The smallest absolute Gasteiger partial charge is 0.118 e. The van der Waals surface area contributed by atoms with Gasteiger partial charge in [0, 0.05) is 18.4 Å². The number of epoxide rings is 1. The minimum atomic E-state index is -0.207. The van der Waals surface area contributed by atoms with E-state index in [-0.39, 0.29) is 36.4 Å². The van der Waals surface area contributed by atoms with Crippen LogP contribution < -0.4 is 4.74 Å². The van der Waals surface area contributed by atoms with Crippen molar-refractivity contribution < 1.29 is 24.1 Å². The molecule has 160 valence electrons. The quantitative estimate of drug-likeness (QED) is 0.375. The highest BCUT2D eigenvalue weighted by molar-refractivity contribution is 5.26. The van der Waals surface area contributed by atoms with Crippen LogP contribution in [0.15, 0.2) is 24.3 Å². The Bertz CT molecular complexity index is 557. The summed E-state index contributed by atoms with van der Waals surface area (Å²) in [5, 5.41) is 9.45. The van der Waals surface area contributed by atoms with E-state index in [4.69, 9.17) is 18.9 Å². The molecule has 5 heteroatoms. The van der Waals surface area contributed by atoms with Crippen molar-refractivity contribution in [2.75, 3.05) is 20.3 Å². The zero-order valence-corrected chi connectivity index (χ0v) is 18.1. The number of benzene rings is 1. The molecule has 0 bridgehead atoms. The van der Waals surface area contributed by atoms with Crippen molar-refractivity contribution >= 4 is 0 Å². The van der Waals surface area contributed by atoms with Gasteiger partial charge in [-0.05, 0) is 30.5 Å². The Morgan fingerprint density at radius 3 is 2.39 bits per heavy atom. The number of hydrogen-bond acceptors (Lipinski definition) is 5. The standard InChI is InChI=1S/C23H38O5/c1-6-8-13-26-18(7-2)14-21(23(3,4)22-20(15-24)28-22)27-16-17-9-11-19(25-5)12-10-17/h9-12,18,20-22,24H,6-8,13-16H2,1-5H3/t18-,20-,21+,22+/m0/s1. The number of aliphatic hydroxyl groups is 1. The molecule has 2 rings (SSSR count).